The van der Waals surface area contributed by atoms with Crippen LogP contribution in [0.15, 0.2) is 61.2 Å². The normalized spacial score (nSPS) is 13.1. The molecule has 31 heavy (non-hydrogen) atoms. The summed E-state index contributed by atoms with van der Waals surface area (Å²) in [7, 11) is 0. The summed E-state index contributed by atoms with van der Waals surface area (Å²) in [4.78, 5) is 41.2. The number of carbonyl (C=O) groups excluding carboxylic acids is 3. The van der Waals surface area contributed by atoms with Crippen molar-refractivity contribution in [2.45, 2.75) is 12.8 Å². The first-order chi connectivity index (χ1) is 15.1. The van der Waals surface area contributed by atoms with Gasteiger partial charge in [-0.2, -0.15) is 5.10 Å². The summed E-state index contributed by atoms with van der Waals surface area (Å²) in [5.74, 6) is 5.44. The molecule has 0 saturated carbocycles. The minimum absolute atomic E-state index is 0.169. The van der Waals surface area contributed by atoms with Gasteiger partial charge in [-0.05, 0) is 36.4 Å². The highest BCUT2D eigenvalue weighted by Crippen LogP contribution is 2.16. The van der Waals surface area contributed by atoms with Crippen molar-refractivity contribution in [3.8, 4) is 17.5 Å². The van der Waals surface area contributed by atoms with E-state index in [1.807, 2.05) is 6.07 Å². The average molecular weight is 413 g/mol. The molecular weight excluding hydrogens is 394 g/mol. The maximum atomic E-state index is 12.6. The molecular formula is C23H19N5O3. The number of likely N-dealkylation sites (tertiary alicyclic amines) is 1. The van der Waals surface area contributed by atoms with Crippen LogP contribution in [0.5, 0.6) is 0 Å². The third-order valence-corrected chi connectivity index (χ3v) is 4.79. The van der Waals surface area contributed by atoms with Crippen LogP contribution >= 0.6 is 0 Å². The fourth-order valence-corrected chi connectivity index (χ4v) is 3.22. The van der Waals surface area contributed by atoms with Crippen LogP contribution < -0.4 is 5.32 Å². The summed E-state index contributed by atoms with van der Waals surface area (Å²) >= 11 is 0. The van der Waals surface area contributed by atoms with Crippen molar-refractivity contribution >= 4 is 17.7 Å². The summed E-state index contributed by atoms with van der Waals surface area (Å²) in [6.07, 6.45) is 7.28. The number of imide groups is 1. The number of benzene rings is 1. The second-order valence-electron chi connectivity index (χ2n) is 6.87. The molecule has 0 radical (unpaired) electrons. The van der Waals surface area contributed by atoms with E-state index >= 15 is 0 Å². The van der Waals surface area contributed by atoms with Crippen molar-refractivity contribution < 1.29 is 14.4 Å². The highest BCUT2D eigenvalue weighted by molar-refractivity contribution is 6.02. The first-order valence-corrected chi connectivity index (χ1v) is 9.79. The minimum Gasteiger partial charge on any atom is -0.350 e. The second-order valence-corrected chi connectivity index (χ2v) is 6.87. The molecule has 0 aliphatic carbocycles. The van der Waals surface area contributed by atoms with Crippen LogP contribution in [0.2, 0.25) is 0 Å². The van der Waals surface area contributed by atoms with E-state index in [9.17, 15) is 14.4 Å². The van der Waals surface area contributed by atoms with Gasteiger partial charge in [0.1, 0.15) is 0 Å². The third kappa shape index (κ3) is 4.67. The van der Waals surface area contributed by atoms with Gasteiger partial charge in [-0.1, -0.05) is 11.8 Å². The van der Waals surface area contributed by atoms with E-state index in [-0.39, 0.29) is 43.7 Å². The number of hydrogen-bond acceptors (Lipinski definition) is 5. The molecule has 1 fully saturated rings. The molecule has 1 saturated heterocycles. The zero-order valence-electron chi connectivity index (χ0n) is 16.6. The molecule has 2 aromatic heterocycles. The van der Waals surface area contributed by atoms with Crippen molar-refractivity contribution in [3.05, 3.63) is 77.9 Å². The lowest BCUT2D eigenvalue weighted by molar-refractivity contribution is -0.138. The van der Waals surface area contributed by atoms with E-state index in [0.29, 0.717) is 11.1 Å². The molecule has 1 N–H and O–H groups in total. The molecule has 8 heteroatoms. The SMILES string of the molecule is O=C(NCCN1C(=O)CCC1=O)c1ccc(-n2cccn2)c(C#Cc2cccnc2)c1. The maximum Gasteiger partial charge on any atom is 0.251 e. The molecule has 3 aromatic rings. The summed E-state index contributed by atoms with van der Waals surface area (Å²) in [5.41, 5.74) is 2.55. The fraction of sp³-hybridized carbons (Fsp3) is 0.174. The molecule has 8 nitrogen and oxygen atoms in total. The van der Waals surface area contributed by atoms with Gasteiger partial charge in [-0.3, -0.25) is 24.3 Å². The minimum atomic E-state index is -0.310. The van der Waals surface area contributed by atoms with Crippen LogP contribution in [0.3, 0.4) is 0 Å². The quantitative estimate of drug-likeness (QED) is 0.506. The number of amides is 3. The number of pyridine rings is 1. The van der Waals surface area contributed by atoms with Gasteiger partial charge >= 0.3 is 0 Å². The molecule has 0 spiro atoms. The van der Waals surface area contributed by atoms with Crippen LogP contribution in [0, 0.1) is 11.8 Å². The number of aromatic nitrogens is 3. The molecule has 3 amide bonds. The van der Waals surface area contributed by atoms with Gasteiger partial charge in [0.25, 0.3) is 5.91 Å². The molecule has 4 rings (SSSR count). The highest BCUT2D eigenvalue weighted by Gasteiger charge is 2.28. The topological polar surface area (TPSA) is 97.2 Å². The van der Waals surface area contributed by atoms with Gasteiger partial charge in [-0.15, -0.1) is 0 Å². The summed E-state index contributed by atoms with van der Waals surface area (Å²) in [6, 6.07) is 10.6. The van der Waals surface area contributed by atoms with Crippen LogP contribution in [-0.2, 0) is 9.59 Å². The maximum absolute atomic E-state index is 12.6. The Morgan fingerprint density at radius 3 is 2.61 bits per heavy atom. The van der Waals surface area contributed by atoms with Gasteiger partial charge in [0.05, 0.1) is 11.3 Å². The van der Waals surface area contributed by atoms with E-state index in [4.69, 9.17) is 0 Å². The van der Waals surface area contributed by atoms with Gasteiger partial charge in [0.15, 0.2) is 0 Å². The lowest BCUT2D eigenvalue weighted by Gasteiger charge is -2.14. The summed E-state index contributed by atoms with van der Waals surface area (Å²) in [5, 5.41) is 7.01. The smallest absolute Gasteiger partial charge is 0.251 e. The molecule has 0 unspecified atom stereocenters. The van der Waals surface area contributed by atoms with Crippen molar-refractivity contribution in [2.75, 3.05) is 13.1 Å². The third-order valence-electron chi connectivity index (χ3n) is 4.79. The van der Waals surface area contributed by atoms with Crippen LogP contribution in [0.4, 0.5) is 0 Å². The first kappa shape index (κ1) is 20.0. The first-order valence-electron chi connectivity index (χ1n) is 9.79. The number of carbonyl (C=O) groups is 3. The predicted octanol–water partition coefficient (Wildman–Crippen LogP) is 1.55. The van der Waals surface area contributed by atoms with Crippen LogP contribution in [-0.4, -0.2) is 50.5 Å². The molecule has 3 heterocycles. The predicted molar refractivity (Wildman–Crippen MR) is 112 cm³/mol. The zero-order chi connectivity index (χ0) is 21.6. The lowest BCUT2D eigenvalue weighted by Crippen LogP contribution is -2.37. The van der Waals surface area contributed by atoms with Gasteiger partial charge < -0.3 is 5.32 Å². The summed E-state index contributed by atoms with van der Waals surface area (Å²) < 4.78 is 1.68. The largest absolute Gasteiger partial charge is 0.350 e. The number of hydrogen-bond donors (Lipinski definition) is 1. The molecule has 1 aliphatic heterocycles. The molecule has 1 aromatic carbocycles. The van der Waals surface area contributed by atoms with E-state index < -0.39 is 0 Å². The van der Waals surface area contributed by atoms with Crippen molar-refractivity contribution in [2.24, 2.45) is 0 Å². The highest BCUT2D eigenvalue weighted by atomic mass is 16.2. The van der Waals surface area contributed by atoms with Crippen LogP contribution in [0.25, 0.3) is 5.69 Å². The van der Waals surface area contributed by atoms with Crippen molar-refractivity contribution in [1.82, 2.24) is 25.0 Å². The second kappa shape index (κ2) is 9.05. The van der Waals surface area contributed by atoms with Crippen molar-refractivity contribution in [1.29, 1.82) is 0 Å². The zero-order valence-corrected chi connectivity index (χ0v) is 16.6. The molecule has 154 valence electrons. The van der Waals surface area contributed by atoms with E-state index in [2.05, 4.69) is 27.2 Å². The Morgan fingerprint density at radius 1 is 1.06 bits per heavy atom. The lowest BCUT2D eigenvalue weighted by atomic mass is 10.1. The Hall–Kier alpha value is -4.25. The van der Waals surface area contributed by atoms with Gasteiger partial charge in [-0.25, -0.2) is 4.68 Å². The average Bonchev–Trinajstić information content (AvgIpc) is 3.44. The van der Waals surface area contributed by atoms with E-state index in [0.717, 1.165) is 11.3 Å². The van der Waals surface area contributed by atoms with Crippen LogP contribution in [0.1, 0.15) is 34.3 Å². The number of nitrogens with zero attached hydrogens (tertiary/aromatic N) is 4. The Labute approximate surface area is 178 Å². The standard InChI is InChI=1S/C23H19N5O3/c29-21-8-9-22(30)27(21)14-12-25-23(31)19-6-7-20(28-13-2-11-26-28)18(15-19)5-4-17-3-1-10-24-16-17/h1-3,6-7,10-11,13,15-16H,8-9,12,14H2,(H,25,31). The Balaban J connectivity index is 1.53. The van der Waals surface area contributed by atoms with E-state index in [1.165, 1.54) is 4.90 Å². The Kier molecular flexibility index (Phi) is 5.85. The fourth-order valence-electron chi connectivity index (χ4n) is 3.22. The van der Waals surface area contributed by atoms with Crippen molar-refractivity contribution in [3.63, 3.8) is 0 Å². The Bertz CT molecular complexity index is 1160. The Morgan fingerprint density at radius 2 is 1.90 bits per heavy atom. The van der Waals surface area contributed by atoms with Gasteiger partial charge in [0.2, 0.25) is 11.8 Å². The van der Waals surface area contributed by atoms with E-state index in [1.54, 1.807) is 59.8 Å². The molecule has 1 aliphatic rings. The monoisotopic (exact) mass is 413 g/mol. The molecule has 0 atom stereocenters. The summed E-state index contributed by atoms with van der Waals surface area (Å²) in [6.45, 7) is 0.358. The van der Waals surface area contributed by atoms with Gasteiger partial charge in [0, 0.05) is 61.8 Å². The molecule has 0 bridgehead atoms. The number of rotatable bonds is 5. The number of nitrogens with one attached hydrogen (secondary N) is 1.